The van der Waals surface area contributed by atoms with E-state index in [1.165, 1.54) is 6.08 Å². The number of carbonyl (C=O) groups excluding carboxylic acids is 1. The fraction of sp³-hybridized carbons (Fsp3) is 0.167. The van der Waals surface area contributed by atoms with Crippen LogP contribution in [0.4, 0.5) is 5.69 Å². The average Bonchev–Trinajstić information content (AvgIpc) is 2.53. The Hall–Kier alpha value is -2.55. The minimum absolute atomic E-state index is 0.146. The van der Waals surface area contributed by atoms with Gasteiger partial charge < -0.3 is 10.1 Å². The van der Waals surface area contributed by atoms with Gasteiger partial charge in [-0.2, -0.15) is 0 Å². The third kappa shape index (κ3) is 5.15. The largest absolute Gasteiger partial charge is 0.494 e. The highest BCUT2D eigenvalue weighted by molar-refractivity contribution is 6.01. The summed E-state index contributed by atoms with van der Waals surface area (Å²) < 4.78 is 5.51. The summed E-state index contributed by atoms with van der Waals surface area (Å²) in [6, 6.07) is 17.1. The molecule has 0 aliphatic rings. The lowest BCUT2D eigenvalue weighted by molar-refractivity contribution is -0.111. The number of para-hydroxylation sites is 1. The number of nitrogens with one attached hydrogen (secondary N) is 1. The maximum atomic E-state index is 11.8. The van der Waals surface area contributed by atoms with Crippen LogP contribution in [0, 0.1) is 0 Å². The van der Waals surface area contributed by atoms with Crippen LogP contribution in [0.25, 0.3) is 6.08 Å². The first-order chi connectivity index (χ1) is 10.3. The molecule has 3 nitrogen and oxygen atoms in total. The Morgan fingerprint density at radius 3 is 2.48 bits per heavy atom. The van der Waals surface area contributed by atoms with Crippen LogP contribution >= 0.6 is 0 Å². The third-order valence-corrected chi connectivity index (χ3v) is 2.82. The Labute approximate surface area is 125 Å². The Balaban J connectivity index is 1.89. The van der Waals surface area contributed by atoms with Gasteiger partial charge in [0.25, 0.3) is 0 Å². The van der Waals surface area contributed by atoms with Crippen LogP contribution in [0.5, 0.6) is 5.75 Å². The SMILES string of the molecule is CCCOc1ccc(/C=C/C(=O)Nc2ccccc2)cc1. The van der Waals surface area contributed by atoms with Gasteiger partial charge in [-0.05, 0) is 42.3 Å². The predicted molar refractivity (Wildman–Crippen MR) is 86.3 cm³/mol. The maximum Gasteiger partial charge on any atom is 0.248 e. The van der Waals surface area contributed by atoms with Gasteiger partial charge in [-0.15, -0.1) is 0 Å². The van der Waals surface area contributed by atoms with Crippen molar-refractivity contribution in [3.8, 4) is 5.75 Å². The Kier molecular flexibility index (Phi) is 5.59. The number of ether oxygens (including phenoxy) is 1. The molecule has 0 fully saturated rings. The number of carbonyl (C=O) groups is 1. The number of benzene rings is 2. The molecule has 2 aromatic rings. The highest BCUT2D eigenvalue weighted by Crippen LogP contribution is 2.13. The summed E-state index contributed by atoms with van der Waals surface area (Å²) in [6.07, 6.45) is 4.29. The molecule has 1 N–H and O–H groups in total. The molecule has 0 spiro atoms. The van der Waals surface area contributed by atoms with Gasteiger partial charge in [0.05, 0.1) is 6.61 Å². The molecule has 21 heavy (non-hydrogen) atoms. The number of hydrogen-bond donors (Lipinski definition) is 1. The molecule has 0 unspecified atom stereocenters. The summed E-state index contributed by atoms with van der Waals surface area (Å²) in [4.78, 5) is 11.8. The fourth-order valence-corrected chi connectivity index (χ4v) is 1.77. The second-order valence-electron chi connectivity index (χ2n) is 4.61. The van der Waals surface area contributed by atoms with Gasteiger partial charge in [0, 0.05) is 11.8 Å². The molecular formula is C18H19NO2. The van der Waals surface area contributed by atoms with E-state index < -0.39 is 0 Å². The molecule has 0 bridgehead atoms. The minimum atomic E-state index is -0.146. The van der Waals surface area contributed by atoms with Gasteiger partial charge in [0.1, 0.15) is 5.75 Å². The van der Waals surface area contributed by atoms with E-state index in [1.807, 2.05) is 54.6 Å². The van der Waals surface area contributed by atoms with Crippen molar-refractivity contribution >= 4 is 17.7 Å². The van der Waals surface area contributed by atoms with Gasteiger partial charge >= 0.3 is 0 Å². The van der Waals surface area contributed by atoms with Gasteiger partial charge in [-0.3, -0.25) is 4.79 Å². The topological polar surface area (TPSA) is 38.3 Å². The summed E-state index contributed by atoms with van der Waals surface area (Å²) in [5.74, 6) is 0.704. The Bertz CT molecular complexity index is 588. The van der Waals surface area contributed by atoms with E-state index in [1.54, 1.807) is 6.08 Å². The fourth-order valence-electron chi connectivity index (χ4n) is 1.77. The molecule has 0 radical (unpaired) electrons. The first-order valence-corrected chi connectivity index (χ1v) is 7.05. The molecule has 0 aromatic heterocycles. The quantitative estimate of drug-likeness (QED) is 0.809. The number of amides is 1. The van der Waals surface area contributed by atoms with Gasteiger partial charge in [0.15, 0.2) is 0 Å². The van der Waals surface area contributed by atoms with Crippen molar-refractivity contribution < 1.29 is 9.53 Å². The van der Waals surface area contributed by atoms with Crippen LogP contribution < -0.4 is 10.1 Å². The number of rotatable bonds is 6. The summed E-state index contributed by atoms with van der Waals surface area (Å²) >= 11 is 0. The first-order valence-electron chi connectivity index (χ1n) is 7.05. The molecule has 0 aliphatic heterocycles. The molecule has 0 heterocycles. The summed E-state index contributed by atoms with van der Waals surface area (Å²) in [7, 11) is 0. The molecule has 0 aliphatic carbocycles. The summed E-state index contributed by atoms with van der Waals surface area (Å²) in [5, 5.41) is 2.80. The lowest BCUT2D eigenvalue weighted by atomic mass is 10.2. The van der Waals surface area contributed by atoms with Crippen LogP contribution in [0.15, 0.2) is 60.7 Å². The predicted octanol–water partition coefficient (Wildman–Crippen LogP) is 4.13. The van der Waals surface area contributed by atoms with Gasteiger partial charge in [0.2, 0.25) is 5.91 Å². The van der Waals surface area contributed by atoms with E-state index in [9.17, 15) is 4.79 Å². The van der Waals surface area contributed by atoms with E-state index in [4.69, 9.17) is 4.74 Å². The smallest absolute Gasteiger partial charge is 0.248 e. The molecule has 0 saturated heterocycles. The summed E-state index contributed by atoms with van der Waals surface area (Å²) in [6.45, 7) is 2.79. The van der Waals surface area contributed by atoms with Crippen LogP contribution in [0.3, 0.4) is 0 Å². The zero-order valence-electron chi connectivity index (χ0n) is 12.1. The van der Waals surface area contributed by atoms with Crippen molar-refractivity contribution in [3.63, 3.8) is 0 Å². The third-order valence-electron chi connectivity index (χ3n) is 2.82. The van der Waals surface area contributed by atoms with E-state index in [0.717, 1.165) is 23.4 Å². The lowest BCUT2D eigenvalue weighted by Gasteiger charge is -2.04. The molecular weight excluding hydrogens is 262 g/mol. The van der Waals surface area contributed by atoms with Crippen molar-refractivity contribution in [3.05, 3.63) is 66.2 Å². The van der Waals surface area contributed by atoms with E-state index in [2.05, 4.69) is 12.2 Å². The monoisotopic (exact) mass is 281 g/mol. The van der Waals surface area contributed by atoms with Crippen LogP contribution in [-0.2, 0) is 4.79 Å². The summed E-state index contributed by atoms with van der Waals surface area (Å²) in [5.41, 5.74) is 1.75. The maximum absolute atomic E-state index is 11.8. The minimum Gasteiger partial charge on any atom is -0.494 e. The van der Waals surface area contributed by atoms with Crippen molar-refractivity contribution in [1.29, 1.82) is 0 Å². The van der Waals surface area contributed by atoms with Crippen LogP contribution in [0.2, 0.25) is 0 Å². The van der Waals surface area contributed by atoms with Crippen molar-refractivity contribution in [2.45, 2.75) is 13.3 Å². The van der Waals surface area contributed by atoms with E-state index in [-0.39, 0.29) is 5.91 Å². The zero-order valence-corrected chi connectivity index (χ0v) is 12.1. The second-order valence-corrected chi connectivity index (χ2v) is 4.61. The highest BCUT2D eigenvalue weighted by atomic mass is 16.5. The van der Waals surface area contributed by atoms with Crippen LogP contribution in [-0.4, -0.2) is 12.5 Å². The van der Waals surface area contributed by atoms with E-state index >= 15 is 0 Å². The number of anilines is 1. The second kappa shape index (κ2) is 7.90. The molecule has 0 saturated carbocycles. The van der Waals surface area contributed by atoms with Crippen molar-refractivity contribution in [2.24, 2.45) is 0 Å². The normalized spacial score (nSPS) is 10.5. The molecule has 2 rings (SSSR count). The molecule has 2 aromatic carbocycles. The van der Waals surface area contributed by atoms with Crippen molar-refractivity contribution in [2.75, 3.05) is 11.9 Å². The molecule has 0 atom stereocenters. The highest BCUT2D eigenvalue weighted by Gasteiger charge is 1.97. The lowest BCUT2D eigenvalue weighted by Crippen LogP contribution is -2.07. The first kappa shape index (κ1) is 14.9. The number of hydrogen-bond acceptors (Lipinski definition) is 2. The van der Waals surface area contributed by atoms with Crippen LogP contribution in [0.1, 0.15) is 18.9 Å². The molecule has 3 heteroatoms. The standard InChI is InChI=1S/C18H19NO2/c1-2-14-21-17-11-8-15(9-12-17)10-13-18(20)19-16-6-4-3-5-7-16/h3-13H,2,14H2,1H3,(H,19,20)/b13-10+. The molecule has 1 amide bonds. The van der Waals surface area contributed by atoms with Gasteiger partial charge in [-0.1, -0.05) is 37.3 Å². The average molecular weight is 281 g/mol. The Morgan fingerprint density at radius 1 is 1.10 bits per heavy atom. The Morgan fingerprint density at radius 2 is 1.81 bits per heavy atom. The molecule has 108 valence electrons. The zero-order chi connectivity index (χ0) is 14.9. The van der Waals surface area contributed by atoms with Gasteiger partial charge in [-0.25, -0.2) is 0 Å². The van der Waals surface area contributed by atoms with Crippen molar-refractivity contribution in [1.82, 2.24) is 0 Å². The van der Waals surface area contributed by atoms with E-state index in [0.29, 0.717) is 6.61 Å².